The van der Waals surface area contributed by atoms with Crippen LogP contribution in [0, 0.1) is 6.92 Å². The lowest BCUT2D eigenvalue weighted by molar-refractivity contribution is 0.224. The highest BCUT2D eigenvalue weighted by atomic mass is 16.5. The first kappa shape index (κ1) is 11.4. The molecule has 0 fully saturated rings. The highest BCUT2D eigenvalue weighted by Gasteiger charge is 2.15. The van der Waals surface area contributed by atoms with Gasteiger partial charge in [0.2, 0.25) is 0 Å². The number of hydrogen-bond donors (Lipinski definition) is 1. The normalized spacial score (nSPS) is 16.4. The molecule has 0 saturated heterocycles. The molecule has 0 aliphatic carbocycles. The summed E-state index contributed by atoms with van der Waals surface area (Å²) in [5.41, 5.74) is 8.08. The van der Waals surface area contributed by atoms with Gasteiger partial charge < -0.3 is 10.5 Å². The van der Waals surface area contributed by atoms with Crippen LogP contribution in [0.1, 0.15) is 17.5 Å². The number of aryl methyl sites for hydroxylation is 1. The molecule has 1 aromatic rings. The molecule has 0 aromatic heterocycles. The summed E-state index contributed by atoms with van der Waals surface area (Å²) in [4.78, 5) is 2.41. The predicted octanol–water partition coefficient (Wildman–Crippen LogP) is 1.54. The van der Waals surface area contributed by atoms with E-state index in [2.05, 4.69) is 30.0 Å². The Morgan fingerprint density at radius 3 is 3.12 bits per heavy atom. The van der Waals surface area contributed by atoms with E-state index in [9.17, 15) is 0 Å². The topological polar surface area (TPSA) is 38.5 Å². The largest absolute Gasteiger partial charge is 0.492 e. The molecule has 0 spiro atoms. The summed E-state index contributed by atoms with van der Waals surface area (Å²) in [6.45, 7) is 6.69. The molecule has 0 atom stereocenters. The molecule has 0 radical (unpaired) electrons. The van der Waals surface area contributed by atoms with Crippen molar-refractivity contribution in [1.29, 1.82) is 0 Å². The molecule has 0 unspecified atom stereocenters. The summed E-state index contributed by atoms with van der Waals surface area (Å²) < 4.78 is 5.82. The zero-order valence-electron chi connectivity index (χ0n) is 9.91. The summed E-state index contributed by atoms with van der Waals surface area (Å²) >= 11 is 0. The van der Waals surface area contributed by atoms with E-state index in [1.807, 2.05) is 0 Å². The minimum absolute atomic E-state index is 0.762. The molecular weight excluding hydrogens is 200 g/mol. The maximum Gasteiger partial charge on any atom is 0.126 e. The first-order valence-corrected chi connectivity index (χ1v) is 5.95. The van der Waals surface area contributed by atoms with Gasteiger partial charge in [0, 0.05) is 18.7 Å². The van der Waals surface area contributed by atoms with E-state index in [0.29, 0.717) is 0 Å². The number of para-hydroxylation sites is 1. The Morgan fingerprint density at radius 1 is 1.44 bits per heavy atom. The van der Waals surface area contributed by atoms with Gasteiger partial charge in [-0.2, -0.15) is 0 Å². The average Bonchev–Trinajstić information content (AvgIpc) is 2.49. The lowest BCUT2D eigenvalue weighted by Gasteiger charge is -2.18. The van der Waals surface area contributed by atoms with E-state index in [4.69, 9.17) is 10.5 Å². The van der Waals surface area contributed by atoms with Crippen LogP contribution in [-0.4, -0.2) is 31.1 Å². The number of benzene rings is 1. The molecule has 3 heteroatoms. The smallest absolute Gasteiger partial charge is 0.126 e. The molecule has 1 heterocycles. The second-order valence-electron chi connectivity index (χ2n) is 4.33. The predicted molar refractivity (Wildman–Crippen MR) is 65.6 cm³/mol. The van der Waals surface area contributed by atoms with Crippen molar-refractivity contribution in [3.63, 3.8) is 0 Å². The lowest BCUT2D eigenvalue weighted by Crippen LogP contribution is -2.28. The fraction of sp³-hybridized carbons (Fsp3) is 0.538. The Kier molecular flexibility index (Phi) is 3.80. The number of ether oxygens (including phenoxy) is 1. The van der Waals surface area contributed by atoms with Crippen LogP contribution >= 0.6 is 0 Å². The maximum absolute atomic E-state index is 5.82. The van der Waals surface area contributed by atoms with Gasteiger partial charge in [0.25, 0.3) is 0 Å². The molecule has 1 aliphatic heterocycles. The third-order valence-corrected chi connectivity index (χ3v) is 3.02. The third kappa shape index (κ3) is 2.54. The van der Waals surface area contributed by atoms with Crippen molar-refractivity contribution < 1.29 is 4.74 Å². The first-order chi connectivity index (χ1) is 7.81. The summed E-state index contributed by atoms with van der Waals surface area (Å²) in [6.07, 6.45) is 1.06. The van der Waals surface area contributed by atoms with Crippen molar-refractivity contribution >= 4 is 0 Å². The van der Waals surface area contributed by atoms with E-state index in [1.54, 1.807) is 0 Å². The van der Waals surface area contributed by atoms with Crippen molar-refractivity contribution in [3.05, 3.63) is 29.3 Å². The zero-order valence-corrected chi connectivity index (χ0v) is 9.91. The second-order valence-corrected chi connectivity index (χ2v) is 4.33. The van der Waals surface area contributed by atoms with Crippen molar-refractivity contribution in [2.24, 2.45) is 5.73 Å². The summed E-state index contributed by atoms with van der Waals surface area (Å²) in [7, 11) is 0. The summed E-state index contributed by atoms with van der Waals surface area (Å²) in [5.74, 6) is 1.08. The standard InChI is InChI=1S/C13H20N2O/c1-11-4-2-5-12-10-15(7-3-6-14)8-9-16-13(11)12/h2,4-5H,3,6-10,14H2,1H3. The lowest BCUT2D eigenvalue weighted by atomic mass is 10.1. The van der Waals surface area contributed by atoms with Crippen LogP contribution in [0.5, 0.6) is 5.75 Å². The van der Waals surface area contributed by atoms with Gasteiger partial charge in [-0.3, -0.25) is 4.90 Å². The van der Waals surface area contributed by atoms with Gasteiger partial charge in [-0.1, -0.05) is 18.2 Å². The van der Waals surface area contributed by atoms with Gasteiger partial charge in [-0.15, -0.1) is 0 Å². The monoisotopic (exact) mass is 220 g/mol. The number of fused-ring (bicyclic) bond motifs is 1. The molecular formula is C13H20N2O. The van der Waals surface area contributed by atoms with Gasteiger partial charge in [0.05, 0.1) is 0 Å². The van der Waals surface area contributed by atoms with E-state index in [-0.39, 0.29) is 0 Å². The zero-order chi connectivity index (χ0) is 11.4. The van der Waals surface area contributed by atoms with Crippen molar-refractivity contribution in [2.45, 2.75) is 19.9 Å². The summed E-state index contributed by atoms with van der Waals surface area (Å²) in [6, 6.07) is 6.36. The quantitative estimate of drug-likeness (QED) is 0.839. The SMILES string of the molecule is Cc1cccc2c1OCCN(CCCN)C2. The molecule has 2 rings (SSSR count). The highest BCUT2D eigenvalue weighted by molar-refractivity contribution is 5.41. The van der Waals surface area contributed by atoms with Crippen LogP contribution in [0.4, 0.5) is 0 Å². The maximum atomic E-state index is 5.82. The average molecular weight is 220 g/mol. The van der Waals surface area contributed by atoms with Crippen molar-refractivity contribution in [3.8, 4) is 5.75 Å². The minimum Gasteiger partial charge on any atom is -0.492 e. The van der Waals surface area contributed by atoms with E-state index in [0.717, 1.165) is 45.0 Å². The minimum atomic E-state index is 0.762. The number of rotatable bonds is 3. The Hall–Kier alpha value is -1.06. The number of nitrogens with two attached hydrogens (primary N) is 1. The van der Waals surface area contributed by atoms with Crippen molar-refractivity contribution in [1.82, 2.24) is 4.90 Å². The van der Waals surface area contributed by atoms with E-state index in [1.165, 1.54) is 11.1 Å². The molecule has 1 aromatic carbocycles. The van der Waals surface area contributed by atoms with E-state index < -0.39 is 0 Å². The molecule has 0 saturated carbocycles. The highest BCUT2D eigenvalue weighted by Crippen LogP contribution is 2.26. The van der Waals surface area contributed by atoms with Gasteiger partial charge in [-0.05, 0) is 32.0 Å². The molecule has 0 amide bonds. The Morgan fingerprint density at radius 2 is 2.31 bits per heavy atom. The molecule has 0 bridgehead atoms. The fourth-order valence-corrected chi connectivity index (χ4v) is 2.15. The van der Waals surface area contributed by atoms with Gasteiger partial charge in [0.15, 0.2) is 0 Å². The van der Waals surface area contributed by atoms with E-state index >= 15 is 0 Å². The molecule has 2 N–H and O–H groups in total. The summed E-state index contributed by atoms with van der Waals surface area (Å²) in [5, 5.41) is 0. The van der Waals surface area contributed by atoms with Crippen molar-refractivity contribution in [2.75, 3.05) is 26.2 Å². The third-order valence-electron chi connectivity index (χ3n) is 3.02. The van der Waals surface area contributed by atoms with Gasteiger partial charge >= 0.3 is 0 Å². The van der Waals surface area contributed by atoms with Crippen LogP contribution < -0.4 is 10.5 Å². The molecule has 3 nitrogen and oxygen atoms in total. The molecule has 88 valence electrons. The van der Waals surface area contributed by atoms with Crippen LogP contribution in [0.2, 0.25) is 0 Å². The Balaban J connectivity index is 2.11. The Labute approximate surface area is 97.2 Å². The van der Waals surface area contributed by atoms with Gasteiger partial charge in [-0.25, -0.2) is 0 Å². The van der Waals surface area contributed by atoms with Crippen LogP contribution in [0.15, 0.2) is 18.2 Å². The molecule has 16 heavy (non-hydrogen) atoms. The number of nitrogens with zero attached hydrogens (tertiary/aromatic N) is 1. The van der Waals surface area contributed by atoms with Crippen LogP contribution in [0.25, 0.3) is 0 Å². The second kappa shape index (κ2) is 5.32. The number of hydrogen-bond acceptors (Lipinski definition) is 3. The Bertz CT molecular complexity index is 352. The fourth-order valence-electron chi connectivity index (χ4n) is 2.15. The first-order valence-electron chi connectivity index (χ1n) is 5.95. The van der Waals surface area contributed by atoms with Gasteiger partial charge in [0.1, 0.15) is 12.4 Å². The van der Waals surface area contributed by atoms with Crippen LogP contribution in [0.3, 0.4) is 0 Å². The van der Waals surface area contributed by atoms with Crippen LogP contribution in [-0.2, 0) is 6.54 Å². The molecule has 1 aliphatic rings.